The maximum Gasteiger partial charge on any atom is 0.328 e. The quantitative estimate of drug-likeness (QED) is 0.539. The number of benzene rings is 2. The molecule has 3 aromatic rings. The van der Waals surface area contributed by atoms with Crippen LogP contribution in [-0.4, -0.2) is 46.9 Å². The number of amides is 2. The Morgan fingerprint density at radius 1 is 1.06 bits per heavy atom. The lowest BCUT2D eigenvalue weighted by Crippen LogP contribution is -2.52. The fourth-order valence-electron chi connectivity index (χ4n) is 4.62. The second kappa shape index (κ2) is 9.10. The van der Waals surface area contributed by atoms with Crippen LogP contribution in [0.25, 0.3) is 10.9 Å². The molecule has 0 spiro atoms. The predicted molar refractivity (Wildman–Crippen MR) is 126 cm³/mol. The first kappa shape index (κ1) is 22.6. The van der Waals surface area contributed by atoms with E-state index < -0.39 is 30.0 Å². The summed E-state index contributed by atoms with van der Waals surface area (Å²) in [6.45, 7) is 5.64. The van der Waals surface area contributed by atoms with E-state index >= 15 is 0 Å². The molecule has 4 rings (SSSR count). The van der Waals surface area contributed by atoms with E-state index in [4.69, 9.17) is 4.74 Å². The molecule has 3 atom stereocenters. The number of nitrogens with one attached hydrogen (secondary N) is 2. The maximum absolute atomic E-state index is 13.5. The molecule has 2 heterocycles. The van der Waals surface area contributed by atoms with Crippen molar-refractivity contribution in [3.8, 4) is 0 Å². The van der Waals surface area contributed by atoms with Crippen LogP contribution in [0.2, 0.25) is 0 Å². The Labute approximate surface area is 193 Å². The molecule has 0 aliphatic carbocycles. The van der Waals surface area contributed by atoms with Crippen LogP contribution >= 0.6 is 0 Å². The summed E-state index contributed by atoms with van der Waals surface area (Å²) < 4.78 is 4.88. The van der Waals surface area contributed by atoms with Crippen molar-refractivity contribution in [1.82, 2.24) is 15.2 Å². The van der Waals surface area contributed by atoms with Crippen LogP contribution in [0, 0.1) is 5.92 Å². The third-order valence-corrected chi connectivity index (χ3v) is 6.22. The summed E-state index contributed by atoms with van der Waals surface area (Å²) in [6, 6.07) is 13.3. The normalized spacial score (nSPS) is 17.2. The Kier molecular flexibility index (Phi) is 6.22. The highest BCUT2D eigenvalue weighted by Crippen LogP contribution is 2.42. The highest BCUT2D eigenvalue weighted by molar-refractivity contribution is 6.03. The van der Waals surface area contributed by atoms with Gasteiger partial charge < -0.3 is 19.9 Å². The van der Waals surface area contributed by atoms with Gasteiger partial charge in [-0.15, -0.1) is 0 Å². The first-order valence-corrected chi connectivity index (χ1v) is 11.2. The van der Waals surface area contributed by atoms with Gasteiger partial charge in [-0.2, -0.15) is 0 Å². The van der Waals surface area contributed by atoms with E-state index in [1.165, 1.54) is 7.11 Å². The number of ether oxygens (including phenoxy) is 1. The van der Waals surface area contributed by atoms with Crippen molar-refractivity contribution in [3.05, 3.63) is 71.4 Å². The summed E-state index contributed by atoms with van der Waals surface area (Å²) in [5.41, 5.74) is 3.33. The number of para-hydroxylation sites is 1. The summed E-state index contributed by atoms with van der Waals surface area (Å²) in [5.74, 6) is -0.908. The number of aromatic nitrogens is 1. The smallest absolute Gasteiger partial charge is 0.328 e. The van der Waals surface area contributed by atoms with E-state index in [0.29, 0.717) is 12.0 Å². The number of methoxy groups -OCH3 is 1. The van der Waals surface area contributed by atoms with E-state index in [1.54, 1.807) is 17.9 Å². The lowest BCUT2D eigenvalue weighted by Gasteiger charge is -2.31. The SMILES string of the molecule is COC(=O)[C@H](CC(C)C)NC(=O)[C@@H](C)N1C(=O)c2ccccc2[C@H]1c1c[nH]c2ccccc12. The molecule has 172 valence electrons. The topological polar surface area (TPSA) is 91.5 Å². The molecule has 2 amide bonds. The number of nitrogens with zero attached hydrogens (tertiary/aromatic N) is 1. The molecule has 7 nitrogen and oxygen atoms in total. The van der Waals surface area contributed by atoms with Gasteiger partial charge in [-0.05, 0) is 37.0 Å². The lowest BCUT2D eigenvalue weighted by atomic mass is 9.97. The van der Waals surface area contributed by atoms with Crippen molar-refractivity contribution in [2.75, 3.05) is 7.11 Å². The molecule has 2 N–H and O–H groups in total. The number of hydrogen-bond acceptors (Lipinski definition) is 4. The average Bonchev–Trinajstić information content (AvgIpc) is 3.36. The maximum atomic E-state index is 13.5. The van der Waals surface area contributed by atoms with Crippen molar-refractivity contribution in [3.63, 3.8) is 0 Å². The lowest BCUT2D eigenvalue weighted by molar-refractivity contribution is -0.146. The van der Waals surface area contributed by atoms with Crippen LogP contribution in [0.15, 0.2) is 54.7 Å². The molecular weight excluding hydrogens is 418 g/mol. The monoisotopic (exact) mass is 447 g/mol. The van der Waals surface area contributed by atoms with E-state index in [-0.39, 0.29) is 11.8 Å². The zero-order valence-electron chi connectivity index (χ0n) is 19.3. The number of fused-ring (bicyclic) bond motifs is 2. The van der Waals surface area contributed by atoms with Gasteiger partial charge >= 0.3 is 5.97 Å². The Balaban J connectivity index is 1.71. The number of hydrogen-bond donors (Lipinski definition) is 2. The van der Waals surface area contributed by atoms with Gasteiger partial charge in [0.2, 0.25) is 5.91 Å². The molecule has 2 aromatic carbocycles. The Bertz CT molecular complexity index is 1200. The third kappa shape index (κ3) is 4.11. The second-order valence-corrected chi connectivity index (χ2v) is 8.88. The van der Waals surface area contributed by atoms with Crippen molar-refractivity contribution >= 4 is 28.7 Å². The number of esters is 1. The minimum absolute atomic E-state index is 0.182. The zero-order chi connectivity index (χ0) is 23.7. The molecule has 33 heavy (non-hydrogen) atoms. The highest BCUT2D eigenvalue weighted by atomic mass is 16.5. The van der Waals surface area contributed by atoms with Crippen LogP contribution in [0.4, 0.5) is 0 Å². The van der Waals surface area contributed by atoms with Gasteiger partial charge in [0, 0.05) is 28.2 Å². The van der Waals surface area contributed by atoms with Crippen molar-refractivity contribution in [2.24, 2.45) is 5.92 Å². The Hall–Kier alpha value is -3.61. The number of rotatable bonds is 7. The van der Waals surface area contributed by atoms with E-state index in [1.807, 2.05) is 62.5 Å². The van der Waals surface area contributed by atoms with Gasteiger partial charge in [0.05, 0.1) is 13.2 Å². The second-order valence-electron chi connectivity index (χ2n) is 8.88. The zero-order valence-corrected chi connectivity index (χ0v) is 19.3. The van der Waals surface area contributed by atoms with Crippen LogP contribution in [0.3, 0.4) is 0 Å². The van der Waals surface area contributed by atoms with E-state index in [0.717, 1.165) is 22.0 Å². The molecule has 0 fully saturated rings. The van der Waals surface area contributed by atoms with Gasteiger partial charge in [-0.3, -0.25) is 9.59 Å². The molecular formula is C26H29N3O4. The molecule has 1 aromatic heterocycles. The fourth-order valence-corrected chi connectivity index (χ4v) is 4.62. The number of carbonyl (C=O) groups excluding carboxylic acids is 3. The summed E-state index contributed by atoms with van der Waals surface area (Å²) in [5, 5.41) is 3.81. The largest absolute Gasteiger partial charge is 0.467 e. The Morgan fingerprint density at radius 2 is 1.76 bits per heavy atom. The van der Waals surface area contributed by atoms with Gasteiger partial charge in [-0.25, -0.2) is 4.79 Å². The number of carbonyl (C=O) groups is 3. The summed E-state index contributed by atoms with van der Waals surface area (Å²) in [4.78, 5) is 43.9. The molecule has 1 aliphatic rings. The number of H-pyrrole nitrogens is 1. The van der Waals surface area contributed by atoms with E-state index in [9.17, 15) is 14.4 Å². The van der Waals surface area contributed by atoms with E-state index in [2.05, 4.69) is 10.3 Å². The van der Waals surface area contributed by atoms with Gasteiger partial charge in [0.25, 0.3) is 5.91 Å². The van der Waals surface area contributed by atoms with Crippen LogP contribution in [0.1, 0.15) is 54.7 Å². The molecule has 0 saturated carbocycles. The van der Waals surface area contributed by atoms with Gasteiger partial charge in [0.15, 0.2) is 0 Å². The van der Waals surface area contributed by atoms with Crippen LogP contribution in [0.5, 0.6) is 0 Å². The van der Waals surface area contributed by atoms with Crippen LogP contribution in [-0.2, 0) is 14.3 Å². The van der Waals surface area contributed by atoms with Crippen molar-refractivity contribution < 1.29 is 19.1 Å². The molecule has 1 aliphatic heterocycles. The predicted octanol–water partition coefficient (Wildman–Crippen LogP) is 3.81. The number of aromatic amines is 1. The fraction of sp³-hybridized carbons (Fsp3) is 0.346. The average molecular weight is 448 g/mol. The van der Waals surface area contributed by atoms with Crippen molar-refractivity contribution in [1.29, 1.82) is 0 Å². The standard InChI is InChI=1S/C26H29N3O4/c1-15(2)13-22(26(32)33-4)28-24(30)16(3)29-23(18-10-5-6-11-19(18)25(29)31)20-14-27-21-12-8-7-9-17(20)21/h5-12,14-16,22-23,27H,13H2,1-4H3,(H,28,30)/t16-,22+,23+/m1/s1. The highest BCUT2D eigenvalue weighted by Gasteiger charge is 2.43. The third-order valence-electron chi connectivity index (χ3n) is 6.22. The molecule has 0 saturated heterocycles. The van der Waals surface area contributed by atoms with Crippen LogP contribution < -0.4 is 5.32 Å². The summed E-state index contributed by atoms with van der Waals surface area (Å²) in [7, 11) is 1.30. The minimum Gasteiger partial charge on any atom is -0.467 e. The van der Waals surface area contributed by atoms with Crippen molar-refractivity contribution in [2.45, 2.75) is 45.3 Å². The first-order chi connectivity index (χ1) is 15.8. The summed E-state index contributed by atoms with van der Waals surface area (Å²) in [6.07, 6.45) is 2.35. The van der Waals surface area contributed by atoms with Gasteiger partial charge in [0.1, 0.15) is 12.1 Å². The molecule has 0 unspecified atom stereocenters. The molecule has 7 heteroatoms. The first-order valence-electron chi connectivity index (χ1n) is 11.2. The molecule has 0 radical (unpaired) electrons. The molecule has 0 bridgehead atoms. The summed E-state index contributed by atoms with van der Waals surface area (Å²) >= 11 is 0. The Morgan fingerprint density at radius 3 is 2.48 bits per heavy atom. The van der Waals surface area contributed by atoms with Gasteiger partial charge in [-0.1, -0.05) is 50.2 Å². The minimum atomic E-state index is -0.803.